The topological polar surface area (TPSA) is 58.1 Å². The number of rotatable bonds is 6. The summed E-state index contributed by atoms with van der Waals surface area (Å²) in [5, 5.41) is 4.40. The van der Waals surface area contributed by atoms with Crippen molar-refractivity contribution in [3.8, 4) is 0 Å². The minimum absolute atomic E-state index is 0.0990. The van der Waals surface area contributed by atoms with E-state index in [4.69, 9.17) is 0 Å². The number of aryl methyl sites for hydroxylation is 2. The molecule has 23 heavy (non-hydrogen) atoms. The Kier molecular flexibility index (Phi) is 5.40. The van der Waals surface area contributed by atoms with Gasteiger partial charge in [-0.25, -0.2) is 9.97 Å². The lowest BCUT2D eigenvalue weighted by atomic mass is 10.1. The molecule has 1 saturated heterocycles. The molecule has 0 spiro atoms. The maximum absolute atomic E-state index is 13.0. The molecule has 1 N–H and O–H groups in total. The van der Waals surface area contributed by atoms with Crippen LogP contribution in [-0.2, 0) is 13.0 Å². The van der Waals surface area contributed by atoms with Crippen LogP contribution in [0.4, 0.5) is 0 Å². The van der Waals surface area contributed by atoms with E-state index in [1.54, 1.807) is 17.5 Å². The average Bonchev–Trinajstić information content (AvgIpc) is 3.28. The monoisotopic (exact) mass is 350 g/mol. The highest BCUT2D eigenvalue weighted by atomic mass is 32.1. The summed E-state index contributed by atoms with van der Waals surface area (Å²) in [6.07, 6.45) is 3.73. The van der Waals surface area contributed by atoms with Crippen molar-refractivity contribution in [2.24, 2.45) is 5.92 Å². The summed E-state index contributed by atoms with van der Waals surface area (Å²) in [5.74, 6) is 0.632. The molecule has 124 valence electrons. The molecule has 0 unspecified atom stereocenters. The predicted molar refractivity (Wildman–Crippen MR) is 94.1 cm³/mol. The van der Waals surface area contributed by atoms with Crippen LogP contribution in [-0.4, -0.2) is 40.4 Å². The molecule has 0 aliphatic carbocycles. The van der Waals surface area contributed by atoms with Crippen molar-refractivity contribution in [2.75, 3.05) is 19.6 Å². The second-order valence-electron chi connectivity index (χ2n) is 5.88. The predicted octanol–water partition coefficient (Wildman–Crippen LogP) is 2.72. The van der Waals surface area contributed by atoms with Gasteiger partial charge in [-0.05, 0) is 38.8 Å². The molecule has 2 aromatic rings. The van der Waals surface area contributed by atoms with E-state index in [9.17, 15) is 4.79 Å². The Morgan fingerprint density at radius 1 is 1.48 bits per heavy atom. The molecule has 1 aliphatic rings. The van der Waals surface area contributed by atoms with Gasteiger partial charge in [0, 0.05) is 11.4 Å². The third-order valence-electron chi connectivity index (χ3n) is 4.17. The first kappa shape index (κ1) is 16.5. The van der Waals surface area contributed by atoms with Gasteiger partial charge in [0.05, 0.1) is 29.0 Å². The largest absolute Gasteiger partial charge is 0.332 e. The first-order chi connectivity index (χ1) is 11.2. The van der Waals surface area contributed by atoms with E-state index in [0.29, 0.717) is 12.5 Å². The van der Waals surface area contributed by atoms with E-state index in [0.717, 1.165) is 48.1 Å². The SMILES string of the molecule is CCc1ncc(C(=O)N(Cc2scnc2C)C[C@@H]2CCNC2)s1. The van der Waals surface area contributed by atoms with E-state index < -0.39 is 0 Å². The van der Waals surface area contributed by atoms with E-state index in [-0.39, 0.29) is 5.91 Å². The van der Waals surface area contributed by atoms with E-state index in [1.807, 2.05) is 17.3 Å². The van der Waals surface area contributed by atoms with Crippen LogP contribution in [0.25, 0.3) is 0 Å². The van der Waals surface area contributed by atoms with Crippen LogP contribution in [0.5, 0.6) is 0 Å². The minimum Gasteiger partial charge on any atom is -0.332 e. The maximum atomic E-state index is 13.0. The Morgan fingerprint density at radius 2 is 2.35 bits per heavy atom. The highest BCUT2D eigenvalue weighted by Crippen LogP contribution is 2.22. The summed E-state index contributed by atoms with van der Waals surface area (Å²) >= 11 is 3.14. The molecule has 1 aliphatic heterocycles. The van der Waals surface area contributed by atoms with Crippen LogP contribution >= 0.6 is 22.7 Å². The molecule has 0 bridgehead atoms. The van der Waals surface area contributed by atoms with E-state index >= 15 is 0 Å². The fourth-order valence-corrected chi connectivity index (χ4v) is 4.40. The summed E-state index contributed by atoms with van der Waals surface area (Å²) in [5.41, 5.74) is 2.88. The lowest BCUT2D eigenvalue weighted by Crippen LogP contribution is -2.35. The maximum Gasteiger partial charge on any atom is 0.265 e. The van der Waals surface area contributed by atoms with Crippen molar-refractivity contribution < 1.29 is 4.79 Å². The second-order valence-corrected chi connectivity index (χ2v) is 7.93. The smallest absolute Gasteiger partial charge is 0.265 e. The second kappa shape index (κ2) is 7.51. The standard InChI is InChI=1S/C16H22N4OS2/c1-3-15-18-7-13(23-15)16(21)20(8-12-4-5-17-6-12)9-14-11(2)19-10-22-14/h7,10,12,17H,3-6,8-9H2,1-2H3/t12-/m1/s1. The van der Waals surface area contributed by atoms with Crippen LogP contribution in [0.3, 0.4) is 0 Å². The van der Waals surface area contributed by atoms with Gasteiger partial charge >= 0.3 is 0 Å². The quantitative estimate of drug-likeness (QED) is 0.870. The van der Waals surface area contributed by atoms with Gasteiger partial charge < -0.3 is 10.2 Å². The summed E-state index contributed by atoms with van der Waals surface area (Å²) < 4.78 is 0. The molecule has 3 rings (SSSR count). The fourth-order valence-electron chi connectivity index (χ4n) is 2.78. The van der Waals surface area contributed by atoms with Crippen molar-refractivity contribution in [1.82, 2.24) is 20.2 Å². The number of hydrogen-bond acceptors (Lipinski definition) is 6. The van der Waals surface area contributed by atoms with Gasteiger partial charge in [0.25, 0.3) is 5.91 Å². The molecule has 2 aromatic heterocycles. The van der Waals surface area contributed by atoms with Gasteiger partial charge in [-0.2, -0.15) is 0 Å². The van der Waals surface area contributed by atoms with E-state index in [1.165, 1.54) is 16.2 Å². The number of carbonyl (C=O) groups excluding carboxylic acids is 1. The minimum atomic E-state index is 0.0990. The Labute approximate surface area is 144 Å². The van der Waals surface area contributed by atoms with Crippen LogP contribution in [0.2, 0.25) is 0 Å². The number of nitrogens with one attached hydrogen (secondary N) is 1. The van der Waals surface area contributed by atoms with Crippen molar-refractivity contribution in [3.05, 3.63) is 32.2 Å². The van der Waals surface area contributed by atoms with E-state index in [2.05, 4.69) is 22.2 Å². The first-order valence-electron chi connectivity index (χ1n) is 8.01. The van der Waals surface area contributed by atoms with Crippen molar-refractivity contribution in [2.45, 2.75) is 33.2 Å². The van der Waals surface area contributed by atoms with Crippen LogP contribution in [0, 0.1) is 12.8 Å². The zero-order chi connectivity index (χ0) is 16.2. The molecular weight excluding hydrogens is 328 g/mol. The Morgan fingerprint density at radius 3 is 2.96 bits per heavy atom. The third-order valence-corrected chi connectivity index (χ3v) is 6.22. The Hall–Kier alpha value is -1.31. The van der Waals surface area contributed by atoms with Gasteiger partial charge in [-0.15, -0.1) is 22.7 Å². The van der Waals surface area contributed by atoms with Gasteiger partial charge in [0.2, 0.25) is 0 Å². The third kappa shape index (κ3) is 3.97. The molecule has 3 heterocycles. The van der Waals surface area contributed by atoms with Gasteiger partial charge in [-0.3, -0.25) is 4.79 Å². The Balaban J connectivity index is 1.78. The number of aromatic nitrogens is 2. The van der Waals surface area contributed by atoms with Crippen LogP contribution in [0.1, 0.15) is 38.6 Å². The number of hydrogen-bond donors (Lipinski definition) is 1. The normalized spacial score (nSPS) is 17.6. The number of carbonyl (C=O) groups is 1. The zero-order valence-electron chi connectivity index (χ0n) is 13.5. The van der Waals surface area contributed by atoms with Gasteiger partial charge in [0.15, 0.2) is 0 Å². The van der Waals surface area contributed by atoms with Crippen molar-refractivity contribution >= 4 is 28.6 Å². The molecule has 7 heteroatoms. The number of nitrogens with zero attached hydrogens (tertiary/aromatic N) is 3. The van der Waals surface area contributed by atoms with Gasteiger partial charge in [-0.1, -0.05) is 6.92 Å². The lowest BCUT2D eigenvalue weighted by molar-refractivity contribution is 0.0725. The molecule has 0 radical (unpaired) electrons. The summed E-state index contributed by atoms with van der Waals surface area (Å²) in [4.78, 5) is 25.5. The Bertz CT molecular complexity index is 661. The molecule has 1 fully saturated rings. The molecule has 1 atom stereocenters. The first-order valence-corrected chi connectivity index (χ1v) is 9.70. The highest BCUT2D eigenvalue weighted by Gasteiger charge is 2.25. The molecule has 5 nitrogen and oxygen atoms in total. The van der Waals surface area contributed by atoms with Gasteiger partial charge in [0.1, 0.15) is 4.88 Å². The zero-order valence-corrected chi connectivity index (χ0v) is 15.2. The van der Waals surface area contributed by atoms with Crippen LogP contribution in [0.15, 0.2) is 11.7 Å². The number of amides is 1. The molecule has 1 amide bonds. The molecule has 0 aromatic carbocycles. The fraction of sp³-hybridized carbons (Fsp3) is 0.562. The summed E-state index contributed by atoms with van der Waals surface area (Å²) in [6.45, 7) is 7.55. The lowest BCUT2D eigenvalue weighted by Gasteiger charge is -2.24. The summed E-state index contributed by atoms with van der Waals surface area (Å²) in [6, 6.07) is 0. The number of thiazole rings is 2. The highest BCUT2D eigenvalue weighted by molar-refractivity contribution is 7.13. The van der Waals surface area contributed by atoms with Crippen molar-refractivity contribution in [1.29, 1.82) is 0 Å². The molecule has 0 saturated carbocycles. The molecular formula is C16H22N4OS2. The summed E-state index contributed by atoms with van der Waals surface area (Å²) in [7, 11) is 0. The van der Waals surface area contributed by atoms with Crippen molar-refractivity contribution in [3.63, 3.8) is 0 Å². The van der Waals surface area contributed by atoms with Crippen LogP contribution < -0.4 is 5.32 Å². The average molecular weight is 351 g/mol.